The predicted molar refractivity (Wildman–Crippen MR) is 128 cm³/mol. The second-order valence-electron chi connectivity index (χ2n) is 8.61. The molecule has 2 aromatic rings. The summed E-state index contributed by atoms with van der Waals surface area (Å²) in [7, 11) is 0. The molecule has 0 spiro atoms. The molecule has 0 fully saturated rings. The number of ether oxygens (including phenoxy) is 1. The van der Waals surface area contributed by atoms with Gasteiger partial charge >= 0.3 is 0 Å². The molecule has 2 rings (SSSR count). The Morgan fingerprint density at radius 2 is 1.90 bits per heavy atom. The Balaban J connectivity index is 2.11. The van der Waals surface area contributed by atoms with Crippen LogP contribution in [0.25, 0.3) is 15.4 Å². The van der Waals surface area contributed by atoms with E-state index in [2.05, 4.69) is 61.6 Å². The predicted octanol–water partition coefficient (Wildman–Crippen LogP) is 5.55. The van der Waals surface area contributed by atoms with Crippen molar-refractivity contribution in [1.82, 2.24) is 15.2 Å². The lowest BCUT2D eigenvalue weighted by Crippen LogP contribution is -2.42. The smallest absolute Gasteiger partial charge is 0.263 e. The van der Waals surface area contributed by atoms with E-state index < -0.39 is 0 Å². The van der Waals surface area contributed by atoms with Crippen molar-refractivity contribution < 1.29 is 9.53 Å². The van der Waals surface area contributed by atoms with Crippen LogP contribution in [-0.2, 0) is 0 Å². The van der Waals surface area contributed by atoms with Crippen molar-refractivity contribution >= 4 is 22.9 Å². The SMILES string of the molecule is [C-]#[N+]c1cc(-c2nc(C)c(C(=O)NCCN(C(C)C)C(C)C)s2)ccc1OCC(C)C. The molecule has 0 saturated carbocycles. The highest BCUT2D eigenvalue weighted by molar-refractivity contribution is 7.17. The molecule has 0 bridgehead atoms. The fourth-order valence-electron chi connectivity index (χ4n) is 3.34. The van der Waals surface area contributed by atoms with Gasteiger partial charge in [-0.2, -0.15) is 0 Å². The standard InChI is InChI=1S/C24H34N4O2S/c1-15(2)14-30-21-10-9-19(13-20(21)25-8)24-27-18(7)22(31-24)23(29)26-11-12-28(16(3)4)17(5)6/h9-10,13,15-17H,11-12,14H2,1-7H3,(H,26,29). The van der Waals surface area contributed by atoms with Gasteiger partial charge in [0.2, 0.25) is 5.69 Å². The van der Waals surface area contributed by atoms with E-state index in [0.29, 0.717) is 53.2 Å². The van der Waals surface area contributed by atoms with Crippen LogP contribution in [-0.4, -0.2) is 47.6 Å². The summed E-state index contributed by atoms with van der Waals surface area (Å²) in [6.07, 6.45) is 0. The van der Waals surface area contributed by atoms with Crippen molar-refractivity contribution in [1.29, 1.82) is 0 Å². The Morgan fingerprint density at radius 3 is 2.48 bits per heavy atom. The third-order valence-corrected chi connectivity index (χ3v) is 6.09. The maximum atomic E-state index is 12.7. The van der Waals surface area contributed by atoms with Crippen LogP contribution in [0.5, 0.6) is 5.75 Å². The van der Waals surface area contributed by atoms with E-state index in [1.165, 1.54) is 11.3 Å². The fraction of sp³-hybridized carbons (Fsp3) is 0.542. The monoisotopic (exact) mass is 442 g/mol. The molecule has 1 aromatic heterocycles. The Bertz CT molecular complexity index is 920. The van der Waals surface area contributed by atoms with Crippen LogP contribution < -0.4 is 10.1 Å². The number of nitrogens with zero attached hydrogens (tertiary/aromatic N) is 3. The number of thiazole rings is 1. The summed E-state index contributed by atoms with van der Waals surface area (Å²) in [5.41, 5.74) is 1.98. The van der Waals surface area contributed by atoms with E-state index in [-0.39, 0.29) is 5.91 Å². The number of nitrogens with one attached hydrogen (secondary N) is 1. The summed E-state index contributed by atoms with van der Waals surface area (Å²) in [4.78, 5) is 23.9. The number of aryl methyl sites for hydroxylation is 1. The Morgan fingerprint density at radius 1 is 1.23 bits per heavy atom. The summed E-state index contributed by atoms with van der Waals surface area (Å²) in [5.74, 6) is 0.864. The highest BCUT2D eigenvalue weighted by Gasteiger charge is 2.18. The van der Waals surface area contributed by atoms with Gasteiger partial charge in [-0.3, -0.25) is 9.69 Å². The van der Waals surface area contributed by atoms with Gasteiger partial charge in [0.25, 0.3) is 5.91 Å². The molecule has 0 aliphatic carbocycles. The van der Waals surface area contributed by atoms with E-state index >= 15 is 0 Å². The highest BCUT2D eigenvalue weighted by Crippen LogP contribution is 2.35. The van der Waals surface area contributed by atoms with Gasteiger partial charge in [-0.1, -0.05) is 19.9 Å². The lowest BCUT2D eigenvalue weighted by molar-refractivity contribution is 0.0942. The number of hydrogen-bond donors (Lipinski definition) is 1. The molecule has 0 saturated heterocycles. The maximum Gasteiger partial charge on any atom is 0.263 e. The normalized spacial score (nSPS) is 11.4. The number of carbonyl (C=O) groups is 1. The highest BCUT2D eigenvalue weighted by atomic mass is 32.1. The molecule has 168 valence electrons. The van der Waals surface area contributed by atoms with E-state index in [0.717, 1.165) is 17.1 Å². The maximum absolute atomic E-state index is 12.7. The third-order valence-electron chi connectivity index (χ3n) is 4.88. The van der Waals surface area contributed by atoms with Gasteiger partial charge in [0.05, 0.1) is 18.9 Å². The molecule has 7 heteroatoms. The largest absolute Gasteiger partial charge is 0.504 e. The molecule has 0 atom stereocenters. The first-order valence-electron chi connectivity index (χ1n) is 10.8. The molecule has 1 aromatic carbocycles. The van der Waals surface area contributed by atoms with Gasteiger partial charge < -0.3 is 10.1 Å². The number of carbonyl (C=O) groups excluding carboxylic acids is 1. The van der Waals surface area contributed by atoms with Crippen molar-refractivity contribution in [3.05, 3.63) is 40.2 Å². The molecule has 0 aliphatic rings. The zero-order valence-electron chi connectivity index (χ0n) is 19.7. The minimum absolute atomic E-state index is 0.101. The minimum atomic E-state index is -0.101. The topological polar surface area (TPSA) is 58.8 Å². The zero-order valence-corrected chi connectivity index (χ0v) is 20.5. The number of rotatable bonds is 10. The number of hydrogen-bond acceptors (Lipinski definition) is 5. The first-order valence-corrected chi connectivity index (χ1v) is 11.6. The molecule has 0 radical (unpaired) electrons. The number of amides is 1. The summed E-state index contributed by atoms with van der Waals surface area (Å²) < 4.78 is 5.75. The van der Waals surface area contributed by atoms with Crippen molar-refractivity contribution in [2.75, 3.05) is 19.7 Å². The van der Waals surface area contributed by atoms with E-state index in [1.807, 2.05) is 19.1 Å². The average Bonchev–Trinajstić information content (AvgIpc) is 3.10. The minimum Gasteiger partial charge on any atom is -0.504 e. The first-order chi connectivity index (χ1) is 14.6. The lowest BCUT2D eigenvalue weighted by atomic mass is 10.2. The van der Waals surface area contributed by atoms with E-state index in [9.17, 15) is 4.79 Å². The first kappa shape index (κ1) is 24.8. The molecule has 1 heterocycles. The quantitative estimate of drug-likeness (QED) is 0.490. The second-order valence-corrected chi connectivity index (χ2v) is 9.61. The van der Waals surface area contributed by atoms with Gasteiger partial charge in [0, 0.05) is 30.7 Å². The van der Waals surface area contributed by atoms with Gasteiger partial charge in [-0.05, 0) is 52.7 Å². The van der Waals surface area contributed by atoms with Gasteiger partial charge in [0.1, 0.15) is 15.6 Å². The lowest BCUT2D eigenvalue weighted by Gasteiger charge is -2.30. The summed E-state index contributed by atoms with van der Waals surface area (Å²) in [6.45, 7) is 24.1. The molecule has 6 nitrogen and oxygen atoms in total. The van der Waals surface area contributed by atoms with Crippen LogP contribution in [0.1, 0.15) is 56.9 Å². The van der Waals surface area contributed by atoms with Crippen LogP contribution in [0.4, 0.5) is 5.69 Å². The van der Waals surface area contributed by atoms with Gasteiger partial charge in [0.15, 0.2) is 0 Å². The molecular weight excluding hydrogens is 408 g/mol. The molecular formula is C24H34N4O2S. The Labute approximate surface area is 190 Å². The summed E-state index contributed by atoms with van der Waals surface area (Å²) in [5, 5.41) is 3.76. The van der Waals surface area contributed by atoms with E-state index in [1.54, 1.807) is 6.07 Å². The molecule has 1 amide bonds. The number of aromatic nitrogens is 1. The fourth-order valence-corrected chi connectivity index (χ4v) is 4.32. The third kappa shape index (κ3) is 6.78. The summed E-state index contributed by atoms with van der Waals surface area (Å²) in [6, 6.07) is 6.35. The Hall–Kier alpha value is -2.43. The molecule has 0 aliphatic heterocycles. The van der Waals surface area contributed by atoms with Gasteiger partial charge in [-0.25, -0.2) is 9.83 Å². The molecule has 0 unspecified atom stereocenters. The van der Waals surface area contributed by atoms with E-state index in [4.69, 9.17) is 11.3 Å². The molecule has 31 heavy (non-hydrogen) atoms. The van der Waals surface area contributed by atoms with Crippen molar-refractivity contribution in [3.63, 3.8) is 0 Å². The second kappa shape index (κ2) is 11.3. The van der Waals surface area contributed by atoms with Crippen molar-refractivity contribution in [3.8, 4) is 16.3 Å². The van der Waals surface area contributed by atoms with Crippen molar-refractivity contribution in [2.24, 2.45) is 5.92 Å². The van der Waals surface area contributed by atoms with Crippen LogP contribution in [0.2, 0.25) is 0 Å². The zero-order chi connectivity index (χ0) is 23.1. The van der Waals surface area contributed by atoms with Crippen LogP contribution in [0.3, 0.4) is 0 Å². The molecule has 1 N–H and O–H groups in total. The number of benzene rings is 1. The van der Waals surface area contributed by atoms with Gasteiger partial charge in [-0.15, -0.1) is 11.3 Å². The Kier molecular flexibility index (Phi) is 9.02. The van der Waals surface area contributed by atoms with Crippen LogP contribution in [0, 0.1) is 19.4 Å². The van der Waals surface area contributed by atoms with Crippen LogP contribution >= 0.6 is 11.3 Å². The average molecular weight is 443 g/mol. The van der Waals surface area contributed by atoms with Crippen LogP contribution in [0.15, 0.2) is 18.2 Å². The summed E-state index contributed by atoms with van der Waals surface area (Å²) >= 11 is 1.35. The van der Waals surface area contributed by atoms with Crippen molar-refractivity contribution in [2.45, 2.75) is 60.5 Å².